The van der Waals surface area contributed by atoms with E-state index in [1.807, 2.05) is 11.8 Å². The highest BCUT2D eigenvalue weighted by molar-refractivity contribution is 6.01. The number of rotatable bonds is 8. The van der Waals surface area contributed by atoms with Gasteiger partial charge in [-0.05, 0) is 80.1 Å². The van der Waals surface area contributed by atoms with Gasteiger partial charge in [0.25, 0.3) is 0 Å². The van der Waals surface area contributed by atoms with Crippen LogP contribution >= 0.6 is 0 Å². The number of pyridine rings is 1. The van der Waals surface area contributed by atoms with Crippen LogP contribution in [0.5, 0.6) is 11.8 Å². The number of aromatic nitrogens is 3. The number of piperidine rings is 1. The molecule has 1 aliphatic carbocycles. The molecule has 8 rings (SSSR count). The smallest absolute Gasteiger partial charge is 0.319 e. The Morgan fingerprint density at radius 3 is 2.65 bits per heavy atom. The Balaban J connectivity index is 1.22. The number of hydrogen-bond acceptors (Lipinski definition) is 10. The van der Waals surface area contributed by atoms with Crippen molar-refractivity contribution in [3.8, 4) is 23.0 Å². The lowest BCUT2D eigenvalue weighted by Gasteiger charge is -2.50. The molecule has 51 heavy (non-hydrogen) atoms. The minimum atomic E-state index is -1.18. The Morgan fingerprint density at radius 1 is 1.04 bits per heavy atom. The van der Waals surface area contributed by atoms with Gasteiger partial charge in [-0.2, -0.15) is 9.97 Å². The van der Waals surface area contributed by atoms with E-state index in [4.69, 9.17) is 24.2 Å². The molecule has 1 saturated carbocycles. The van der Waals surface area contributed by atoms with Crippen LogP contribution in [-0.4, -0.2) is 101 Å². The lowest BCUT2D eigenvalue weighted by Crippen LogP contribution is -2.57. The molecule has 2 aromatic carbocycles. The summed E-state index contributed by atoms with van der Waals surface area (Å²) in [5, 5.41) is 23.2. The van der Waals surface area contributed by atoms with Gasteiger partial charge in [0.2, 0.25) is 0 Å². The molecule has 3 atom stereocenters. The molecule has 4 fully saturated rings. The molecule has 12 heteroatoms. The van der Waals surface area contributed by atoms with Crippen LogP contribution in [0.4, 0.5) is 14.6 Å². The van der Waals surface area contributed by atoms with Crippen LogP contribution in [0.2, 0.25) is 0 Å². The number of hydrogen-bond donors (Lipinski definition) is 2. The Morgan fingerprint density at radius 2 is 1.86 bits per heavy atom. The fourth-order valence-electron chi connectivity index (χ4n) is 9.17. The molecule has 0 bridgehead atoms. The molecule has 10 nitrogen and oxygen atoms in total. The first-order chi connectivity index (χ1) is 24.5. The highest BCUT2D eigenvalue weighted by Crippen LogP contribution is 2.49. The maximum absolute atomic E-state index is 17.1. The first-order valence-corrected chi connectivity index (χ1v) is 18.3. The molecule has 4 aliphatic rings. The molecular weight excluding hydrogens is 656 g/mol. The third kappa shape index (κ3) is 6.28. The van der Waals surface area contributed by atoms with Crippen molar-refractivity contribution < 1.29 is 33.2 Å². The second kappa shape index (κ2) is 13.1. The lowest BCUT2D eigenvalue weighted by atomic mass is 9.74. The number of ether oxygens (including phenoxy) is 3. The van der Waals surface area contributed by atoms with Gasteiger partial charge < -0.3 is 29.3 Å². The third-order valence-electron chi connectivity index (χ3n) is 11.5. The van der Waals surface area contributed by atoms with Crippen molar-refractivity contribution in [2.24, 2.45) is 10.8 Å². The van der Waals surface area contributed by atoms with Crippen molar-refractivity contribution in [3.63, 3.8) is 0 Å². The summed E-state index contributed by atoms with van der Waals surface area (Å²) >= 11 is 0. The molecule has 0 amide bonds. The van der Waals surface area contributed by atoms with Gasteiger partial charge in [0.05, 0.1) is 45.0 Å². The number of fused-ring (bicyclic) bond motifs is 3. The van der Waals surface area contributed by atoms with Crippen LogP contribution in [0, 0.1) is 22.5 Å². The molecule has 272 valence electrons. The van der Waals surface area contributed by atoms with Gasteiger partial charge in [-0.1, -0.05) is 26.3 Å². The summed E-state index contributed by atoms with van der Waals surface area (Å²) in [6, 6.07) is 6.33. The number of phenols is 1. The van der Waals surface area contributed by atoms with Crippen LogP contribution in [0.1, 0.15) is 58.4 Å². The largest absolute Gasteiger partial charge is 0.508 e. The summed E-state index contributed by atoms with van der Waals surface area (Å²) in [7, 11) is 0. The topological polar surface area (TPSA) is 113 Å². The van der Waals surface area contributed by atoms with Crippen molar-refractivity contribution in [3.05, 3.63) is 47.7 Å². The van der Waals surface area contributed by atoms with Gasteiger partial charge in [-0.15, -0.1) is 0 Å². The fraction of sp³-hybridized carbons (Fsp3) is 0.564. The predicted octanol–water partition coefficient (Wildman–Crippen LogP) is 6.03. The highest BCUT2D eigenvalue weighted by Gasteiger charge is 2.50. The van der Waals surface area contributed by atoms with Gasteiger partial charge in [0, 0.05) is 41.7 Å². The Bertz CT molecular complexity index is 1970. The van der Waals surface area contributed by atoms with Crippen LogP contribution in [0.3, 0.4) is 0 Å². The predicted molar refractivity (Wildman–Crippen MR) is 190 cm³/mol. The Labute approximate surface area is 296 Å². The number of β-amino-alcohol motifs (C(OH)–C–C–N with tert-alkyl or cyclic N) is 1. The molecular formula is C39H47F2N5O5. The lowest BCUT2D eigenvalue weighted by molar-refractivity contribution is -0.130. The number of halogens is 2. The van der Waals surface area contributed by atoms with Gasteiger partial charge in [-0.3, -0.25) is 9.88 Å². The number of aliphatic hydroxyl groups is 1. The molecule has 4 aromatic rings. The van der Waals surface area contributed by atoms with E-state index in [0.717, 1.165) is 58.4 Å². The Hall–Kier alpha value is -3.71. The summed E-state index contributed by atoms with van der Waals surface area (Å²) in [5.41, 5.74) is -0.444. The monoisotopic (exact) mass is 703 g/mol. The molecule has 2 N–H and O–H groups in total. The summed E-state index contributed by atoms with van der Waals surface area (Å²) in [6.07, 6.45) is 7.26. The van der Waals surface area contributed by atoms with E-state index < -0.39 is 17.2 Å². The number of nitrogens with zero attached hydrogens (tertiary/aromatic N) is 5. The second-order valence-electron chi connectivity index (χ2n) is 15.9. The highest BCUT2D eigenvalue weighted by atomic mass is 19.1. The second-order valence-corrected chi connectivity index (χ2v) is 15.9. The van der Waals surface area contributed by atoms with E-state index in [9.17, 15) is 10.2 Å². The first-order valence-electron chi connectivity index (χ1n) is 18.3. The first kappa shape index (κ1) is 34.4. The normalized spacial score (nSPS) is 26.6. The molecule has 0 spiro atoms. The van der Waals surface area contributed by atoms with Crippen molar-refractivity contribution >= 4 is 27.5 Å². The molecule has 2 aromatic heterocycles. The molecule has 0 radical (unpaired) electrons. The molecule has 0 unspecified atom stereocenters. The zero-order valence-corrected chi connectivity index (χ0v) is 29.7. The van der Waals surface area contributed by atoms with E-state index in [-0.39, 0.29) is 52.5 Å². The summed E-state index contributed by atoms with van der Waals surface area (Å²) in [6.45, 7) is 11.0. The third-order valence-corrected chi connectivity index (χ3v) is 11.5. The minimum absolute atomic E-state index is 0.000552. The van der Waals surface area contributed by atoms with Crippen LogP contribution < -0.4 is 9.64 Å². The fourth-order valence-corrected chi connectivity index (χ4v) is 9.17. The van der Waals surface area contributed by atoms with E-state index in [1.165, 1.54) is 24.4 Å². The molecule has 3 aliphatic heterocycles. The standard InChI is InChI=1S/C39H47F2N5O5/c1-4-26-29(40)9-8-24-15-25(47)16-27(31(24)26)33-32(41)34-28(17-42-33)35(46-13-14-49-22-38(3,48)19-46)44-36(43-34)51-23-39-10-5-7-30(39)45(12-6-11-39)18-37(2)20-50-21-37/h8-9,15-17,30,47-48H,4-7,10-14,18-23H2,1-3H3/t30-,38+,39-/m1/s1. The zero-order valence-electron chi connectivity index (χ0n) is 29.7. The minimum Gasteiger partial charge on any atom is -0.508 e. The summed E-state index contributed by atoms with van der Waals surface area (Å²) in [4.78, 5) is 18.7. The molecule has 3 saturated heterocycles. The van der Waals surface area contributed by atoms with Gasteiger partial charge in [0.15, 0.2) is 5.82 Å². The van der Waals surface area contributed by atoms with Crippen molar-refractivity contribution in [2.75, 3.05) is 64.1 Å². The van der Waals surface area contributed by atoms with Crippen LogP contribution in [0.15, 0.2) is 30.5 Å². The van der Waals surface area contributed by atoms with Crippen LogP contribution in [-0.2, 0) is 15.9 Å². The van der Waals surface area contributed by atoms with E-state index in [0.29, 0.717) is 59.8 Å². The van der Waals surface area contributed by atoms with E-state index in [1.54, 1.807) is 13.0 Å². The number of aryl methyl sites for hydroxylation is 1. The van der Waals surface area contributed by atoms with Gasteiger partial charge in [0.1, 0.15) is 34.2 Å². The SMILES string of the molecule is CCc1c(F)ccc2cc(O)cc(-c3ncc4c(N5CCOC[C@@](C)(O)C5)nc(OC[C@]56CCC[C@H]5N(CC5(C)COC5)CCC6)nc4c3F)c12. The average molecular weight is 704 g/mol. The maximum Gasteiger partial charge on any atom is 0.319 e. The van der Waals surface area contributed by atoms with Gasteiger partial charge in [-0.25, -0.2) is 8.78 Å². The number of aromatic hydroxyl groups is 1. The van der Waals surface area contributed by atoms with E-state index >= 15 is 8.78 Å². The maximum atomic E-state index is 17.1. The average Bonchev–Trinajstić information content (AvgIpc) is 3.44. The number of phenolic OH excluding ortho intramolecular Hbond substituents is 1. The van der Waals surface area contributed by atoms with E-state index in [2.05, 4.69) is 16.8 Å². The number of benzene rings is 2. The van der Waals surface area contributed by atoms with Gasteiger partial charge >= 0.3 is 6.01 Å². The summed E-state index contributed by atoms with van der Waals surface area (Å²) < 4.78 is 50.0. The molecule has 5 heterocycles. The Kier molecular flexibility index (Phi) is 8.80. The zero-order chi connectivity index (χ0) is 35.5. The summed E-state index contributed by atoms with van der Waals surface area (Å²) in [5.74, 6) is -0.829. The van der Waals surface area contributed by atoms with Crippen molar-refractivity contribution in [1.29, 1.82) is 0 Å². The number of likely N-dealkylation sites (tertiary alicyclic amines) is 1. The van der Waals surface area contributed by atoms with Crippen molar-refractivity contribution in [1.82, 2.24) is 19.9 Å². The van der Waals surface area contributed by atoms with Crippen molar-refractivity contribution in [2.45, 2.75) is 70.9 Å². The quantitative estimate of drug-likeness (QED) is 0.226. The number of anilines is 1. The van der Waals surface area contributed by atoms with Crippen LogP contribution in [0.25, 0.3) is 32.9 Å².